The summed E-state index contributed by atoms with van der Waals surface area (Å²) in [6, 6.07) is 7.50. The topological polar surface area (TPSA) is 40.5 Å². The smallest absolute Gasteiger partial charge is 0.105 e. The first-order valence-corrected chi connectivity index (χ1v) is 6.56. The van der Waals surface area contributed by atoms with Gasteiger partial charge in [0.1, 0.15) is 6.10 Å². The second-order valence-electron chi connectivity index (χ2n) is 3.39. The fourth-order valence-corrected chi connectivity index (χ4v) is 2.03. The molecule has 0 aliphatic heterocycles. The molecule has 0 aromatic heterocycles. The van der Waals surface area contributed by atoms with Crippen molar-refractivity contribution >= 4 is 28.6 Å². The van der Waals surface area contributed by atoms with Crippen molar-refractivity contribution in [3.8, 4) is 0 Å². The van der Waals surface area contributed by atoms with Crippen LogP contribution in [-0.2, 0) is 5.75 Å². The minimum atomic E-state index is -0.817. The van der Waals surface area contributed by atoms with E-state index < -0.39 is 12.2 Å². The summed E-state index contributed by atoms with van der Waals surface area (Å²) in [5, 5.41) is 20.2. The molecule has 2 unspecified atom stereocenters. The normalized spacial score (nSPS) is 14.9. The van der Waals surface area contributed by atoms with E-state index in [4.69, 9.17) is 0 Å². The quantitative estimate of drug-likeness (QED) is 0.575. The molecule has 0 amide bonds. The van der Waals surface area contributed by atoms with Crippen LogP contribution in [0, 0.1) is 0 Å². The molecule has 4 heteroatoms. The molecular formula is C11H15BrO2S. The summed E-state index contributed by atoms with van der Waals surface area (Å²) >= 11 is 7.40. The first-order valence-electron chi connectivity index (χ1n) is 4.81. The average Bonchev–Trinajstić information content (AvgIpc) is 2.28. The van der Waals surface area contributed by atoms with Crippen molar-refractivity contribution in [2.75, 3.05) is 5.33 Å². The SMILES string of the molecule is OC(CCBr)C(O)c1cccc(CS)c1. The first-order chi connectivity index (χ1) is 7.19. The van der Waals surface area contributed by atoms with Gasteiger partial charge in [0.05, 0.1) is 6.10 Å². The number of aliphatic hydroxyl groups is 2. The van der Waals surface area contributed by atoms with Crippen LogP contribution in [0.3, 0.4) is 0 Å². The lowest BCUT2D eigenvalue weighted by atomic mass is 10.0. The molecule has 1 rings (SSSR count). The number of thiol groups is 1. The molecule has 15 heavy (non-hydrogen) atoms. The van der Waals surface area contributed by atoms with Crippen LogP contribution in [0.1, 0.15) is 23.7 Å². The van der Waals surface area contributed by atoms with E-state index in [2.05, 4.69) is 28.6 Å². The number of hydrogen-bond donors (Lipinski definition) is 3. The Balaban J connectivity index is 2.76. The lowest BCUT2D eigenvalue weighted by Gasteiger charge is -2.17. The zero-order valence-corrected chi connectivity index (χ0v) is 10.8. The summed E-state index contributed by atoms with van der Waals surface area (Å²) < 4.78 is 0. The molecule has 0 heterocycles. The van der Waals surface area contributed by atoms with Crippen LogP contribution in [0.5, 0.6) is 0 Å². The van der Waals surface area contributed by atoms with Gasteiger partial charge in [0.25, 0.3) is 0 Å². The Morgan fingerprint density at radius 1 is 1.33 bits per heavy atom. The van der Waals surface area contributed by atoms with E-state index in [-0.39, 0.29) is 0 Å². The highest BCUT2D eigenvalue weighted by molar-refractivity contribution is 9.09. The fourth-order valence-electron chi connectivity index (χ4n) is 1.37. The van der Waals surface area contributed by atoms with Crippen LogP contribution < -0.4 is 0 Å². The van der Waals surface area contributed by atoms with Gasteiger partial charge in [0.2, 0.25) is 0 Å². The zero-order chi connectivity index (χ0) is 11.3. The number of aliphatic hydroxyl groups excluding tert-OH is 2. The molecule has 0 saturated heterocycles. The van der Waals surface area contributed by atoms with Crippen molar-refractivity contribution in [3.63, 3.8) is 0 Å². The second-order valence-corrected chi connectivity index (χ2v) is 4.50. The number of hydrogen-bond acceptors (Lipinski definition) is 3. The molecule has 1 aromatic rings. The highest BCUT2D eigenvalue weighted by atomic mass is 79.9. The molecule has 0 bridgehead atoms. The molecule has 84 valence electrons. The molecule has 2 nitrogen and oxygen atoms in total. The van der Waals surface area contributed by atoms with Crippen LogP contribution in [0.2, 0.25) is 0 Å². The first kappa shape index (κ1) is 13.0. The van der Waals surface area contributed by atoms with E-state index in [9.17, 15) is 10.2 Å². The maximum Gasteiger partial charge on any atom is 0.105 e. The van der Waals surface area contributed by atoms with Crippen LogP contribution in [-0.4, -0.2) is 21.6 Å². The van der Waals surface area contributed by atoms with Gasteiger partial charge in [-0.3, -0.25) is 0 Å². The summed E-state index contributed by atoms with van der Waals surface area (Å²) in [4.78, 5) is 0. The largest absolute Gasteiger partial charge is 0.390 e. The van der Waals surface area contributed by atoms with Crippen LogP contribution in [0.25, 0.3) is 0 Å². The van der Waals surface area contributed by atoms with Gasteiger partial charge in [-0.2, -0.15) is 12.6 Å². The number of alkyl halides is 1. The minimum Gasteiger partial charge on any atom is -0.390 e. The van der Waals surface area contributed by atoms with E-state index in [0.29, 0.717) is 17.5 Å². The molecule has 2 atom stereocenters. The molecule has 2 N–H and O–H groups in total. The number of halogens is 1. The molecular weight excluding hydrogens is 276 g/mol. The van der Waals surface area contributed by atoms with Crippen LogP contribution in [0.4, 0.5) is 0 Å². The molecule has 0 aliphatic carbocycles. The van der Waals surface area contributed by atoms with Gasteiger partial charge >= 0.3 is 0 Å². The summed E-state index contributed by atoms with van der Waals surface area (Å²) in [6.07, 6.45) is -1.01. The maximum absolute atomic E-state index is 9.84. The van der Waals surface area contributed by atoms with E-state index in [1.54, 1.807) is 0 Å². The van der Waals surface area contributed by atoms with Crippen molar-refractivity contribution < 1.29 is 10.2 Å². The van der Waals surface area contributed by atoms with Crippen molar-refractivity contribution in [1.82, 2.24) is 0 Å². The van der Waals surface area contributed by atoms with Crippen molar-refractivity contribution in [2.45, 2.75) is 24.4 Å². The van der Waals surface area contributed by atoms with Gasteiger partial charge in [0.15, 0.2) is 0 Å². The summed E-state index contributed by atoms with van der Waals surface area (Å²) in [7, 11) is 0. The highest BCUT2D eigenvalue weighted by Crippen LogP contribution is 2.21. The summed E-state index contributed by atoms with van der Waals surface area (Å²) in [5.41, 5.74) is 1.79. The second kappa shape index (κ2) is 6.53. The van der Waals surface area contributed by atoms with Crippen molar-refractivity contribution in [2.24, 2.45) is 0 Å². The number of rotatable bonds is 5. The average molecular weight is 291 g/mol. The lowest BCUT2D eigenvalue weighted by Crippen LogP contribution is -2.18. The molecule has 0 spiro atoms. The Hall–Kier alpha value is -0.0300. The fraction of sp³-hybridized carbons (Fsp3) is 0.455. The van der Waals surface area contributed by atoms with E-state index in [1.165, 1.54) is 0 Å². The molecule has 0 saturated carbocycles. The Kier molecular flexibility index (Phi) is 5.68. The van der Waals surface area contributed by atoms with Crippen molar-refractivity contribution in [1.29, 1.82) is 0 Å². The Morgan fingerprint density at radius 2 is 2.07 bits per heavy atom. The third kappa shape index (κ3) is 3.79. The highest BCUT2D eigenvalue weighted by Gasteiger charge is 2.17. The predicted octanol–water partition coefficient (Wildman–Crippen LogP) is 2.30. The van der Waals surface area contributed by atoms with Gasteiger partial charge in [-0.15, -0.1) is 0 Å². The van der Waals surface area contributed by atoms with Crippen molar-refractivity contribution in [3.05, 3.63) is 35.4 Å². The van der Waals surface area contributed by atoms with Gasteiger partial charge in [-0.1, -0.05) is 40.2 Å². The summed E-state index contributed by atoms with van der Waals surface area (Å²) in [5.74, 6) is 0.634. The number of benzene rings is 1. The molecule has 1 aromatic carbocycles. The Morgan fingerprint density at radius 3 is 2.67 bits per heavy atom. The molecule has 0 fully saturated rings. The Bertz CT molecular complexity index is 306. The summed E-state index contributed by atoms with van der Waals surface area (Å²) in [6.45, 7) is 0. The monoisotopic (exact) mass is 290 g/mol. The lowest BCUT2D eigenvalue weighted by molar-refractivity contribution is 0.0173. The third-order valence-electron chi connectivity index (χ3n) is 2.24. The van der Waals surface area contributed by atoms with Crippen LogP contribution in [0.15, 0.2) is 24.3 Å². The van der Waals surface area contributed by atoms with Gasteiger partial charge in [-0.05, 0) is 17.5 Å². The third-order valence-corrected chi connectivity index (χ3v) is 3.07. The molecule has 0 aliphatic rings. The maximum atomic E-state index is 9.84. The van der Waals surface area contributed by atoms with Crippen LogP contribution >= 0.6 is 28.6 Å². The van der Waals surface area contributed by atoms with E-state index in [0.717, 1.165) is 11.1 Å². The van der Waals surface area contributed by atoms with Gasteiger partial charge in [-0.25, -0.2) is 0 Å². The zero-order valence-electron chi connectivity index (χ0n) is 8.31. The Labute approximate surface area is 104 Å². The standard InChI is InChI=1S/C11H15BrO2S/c12-5-4-10(13)11(14)9-3-1-2-8(6-9)7-15/h1-3,6,10-11,13-15H,4-5,7H2. The predicted molar refractivity (Wildman–Crippen MR) is 68.5 cm³/mol. The van der Waals surface area contributed by atoms with E-state index >= 15 is 0 Å². The van der Waals surface area contributed by atoms with E-state index in [1.807, 2.05) is 24.3 Å². The molecule has 0 radical (unpaired) electrons. The van der Waals surface area contributed by atoms with Gasteiger partial charge in [0, 0.05) is 11.1 Å². The minimum absolute atomic E-state index is 0.534. The van der Waals surface area contributed by atoms with Gasteiger partial charge < -0.3 is 10.2 Å².